The molecule has 0 bridgehead atoms. The summed E-state index contributed by atoms with van der Waals surface area (Å²) >= 11 is 0. The molecule has 3 nitrogen and oxygen atoms in total. The Morgan fingerprint density at radius 3 is 2.53 bits per heavy atom. The first-order valence-corrected chi connectivity index (χ1v) is 5.46. The molecule has 0 spiro atoms. The fourth-order valence-electron chi connectivity index (χ4n) is 1.73. The van der Waals surface area contributed by atoms with Crippen LogP contribution in [0, 0.1) is 6.92 Å². The van der Waals surface area contributed by atoms with E-state index < -0.39 is 6.10 Å². The van der Waals surface area contributed by atoms with E-state index in [1.165, 1.54) is 0 Å². The average Bonchev–Trinajstić information content (AvgIpc) is 2.38. The van der Waals surface area contributed by atoms with Crippen molar-refractivity contribution in [3.8, 4) is 5.75 Å². The zero-order chi connectivity index (χ0) is 12.3. The molecule has 1 N–H and O–H groups in total. The van der Waals surface area contributed by atoms with E-state index in [2.05, 4.69) is 4.98 Å². The Morgan fingerprint density at radius 1 is 1.18 bits per heavy atom. The van der Waals surface area contributed by atoms with Crippen molar-refractivity contribution in [1.29, 1.82) is 0 Å². The van der Waals surface area contributed by atoms with Gasteiger partial charge < -0.3 is 9.84 Å². The Morgan fingerprint density at radius 2 is 1.88 bits per heavy atom. The van der Waals surface area contributed by atoms with E-state index in [0.717, 1.165) is 11.3 Å². The molecule has 0 unspecified atom stereocenters. The van der Waals surface area contributed by atoms with Gasteiger partial charge >= 0.3 is 0 Å². The Balaban J connectivity index is 2.37. The van der Waals surface area contributed by atoms with Gasteiger partial charge in [-0.15, -0.1) is 0 Å². The Bertz CT molecular complexity index is 497. The second-order valence-electron chi connectivity index (χ2n) is 3.89. The van der Waals surface area contributed by atoms with Crippen LogP contribution in [0.5, 0.6) is 5.75 Å². The van der Waals surface area contributed by atoms with E-state index in [1.54, 1.807) is 13.2 Å². The van der Waals surface area contributed by atoms with E-state index in [9.17, 15) is 5.11 Å². The first-order chi connectivity index (χ1) is 8.20. The molecule has 3 heteroatoms. The highest BCUT2D eigenvalue weighted by atomic mass is 16.5. The molecule has 0 radical (unpaired) electrons. The number of aromatic nitrogens is 1. The molecule has 17 heavy (non-hydrogen) atoms. The van der Waals surface area contributed by atoms with Crippen molar-refractivity contribution in [2.75, 3.05) is 7.11 Å². The second-order valence-corrected chi connectivity index (χ2v) is 3.89. The normalized spacial score (nSPS) is 12.2. The lowest BCUT2D eigenvalue weighted by molar-refractivity contribution is 0.214. The number of methoxy groups -OCH3 is 1. The zero-order valence-electron chi connectivity index (χ0n) is 9.92. The van der Waals surface area contributed by atoms with Crippen LogP contribution >= 0.6 is 0 Å². The van der Waals surface area contributed by atoms with Crippen molar-refractivity contribution in [3.63, 3.8) is 0 Å². The van der Waals surface area contributed by atoms with Gasteiger partial charge in [0.05, 0.1) is 12.8 Å². The molecule has 1 heterocycles. The van der Waals surface area contributed by atoms with Crippen LogP contribution in [-0.4, -0.2) is 17.2 Å². The highest BCUT2D eigenvalue weighted by Gasteiger charge is 2.13. The standard InChI is InChI=1S/C14H15NO2/c1-10-8-12(17-2)9-13(15-10)14(16)11-6-4-3-5-7-11/h3-9,14,16H,1-2H3/t14-/m1/s1. The third-order valence-corrected chi connectivity index (χ3v) is 2.58. The summed E-state index contributed by atoms with van der Waals surface area (Å²) in [4.78, 5) is 4.33. The Hall–Kier alpha value is -1.87. The van der Waals surface area contributed by atoms with E-state index in [-0.39, 0.29) is 0 Å². The van der Waals surface area contributed by atoms with Crippen LogP contribution in [0.2, 0.25) is 0 Å². The lowest BCUT2D eigenvalue weighted by Crippen LogP contribution is -2.03. The zero-order valence-corrected chi connectivity index (χ0v) is 9.92. The van der Waals surface area contributed by atoms with Gasteiger partial charge in [0.25, 0.3) is 0 Å². The van der Waals surface area contributed by atoms with Crippen molar-refractivity contribution in [2.24, 2.45) is 0 Å². The monoisotopic (exact) mass is 229 g/mol. The number of aryl methyl sites for hydroxylation is 1. The van der Waals surface area contributed by atoms with Gasteiger partial charge in [0.1, 0.15) is 11.9 Å². The largest absolute Gasteiger partial charge is 0.497 e. The van der Waals surface area contributed by atoms with E-state index in [1.807, 2.05) is 43.3 Å². The predicted octanol–water partition coefficient (Wildman–Crippen LogP) is 2.48. The van der Waals surface area contributed by atoms with Gasteiger partial charge in [-0.3, -0.25) is 4.98 Å². The molecule has 1 aromatic heterocycles. The fraction of sp³-hybridized carbons (Fsp3) is 0.214. The molecule has 0 saturated heterocycles. The number of aliphatic hydroxyl groups excluding tert-OH is 1. The summed E-state index contributed by atoms with van der Waals surface area (Å²) in [6, 6.07) is 13.0. The van der Waals surface area contributed by atoms with Gasteiger partial charge in [-0.05, 0) is 12.5 Å². The van der Waals surface area contributed by atoms with Crippen LogP contribution in [0.25, 0.3) is 0 Å². The van der Waals surface area contributed by atoms with E-state index in [0.29, 0.717) is 11.4 Å². The summed E-state index contributed by atoms with van der Waals surface area (Å²) < 4.78 is 5.17. The molecule has 0 saturated carbocycles. The fourth-order valence-corrected chi connectivity index (χ4v) is 1.73. The highest BCUT2D eigenvalue weighted by molar-refractivity contribution is 5.32. The van der Waals surface area contributed by atoms with Gasteiger partial charge in [-0.1, -0.05) is 30.3 Å². The molecule has 0 aliphatic carbocycles. The number of benzene rings is 1. The summed E-state index contributed by atoms with van der Waals surface area (Å²) in [7, 11) is 1.60. The molecule has 0 aliphatic rings. The number of pyridine rings is 1. The molecule has 0 amide bonds. The van der Waals surface area contributed by atoms with Crippen molar-refractivity contribution < 1.29 is 9.84 Å². The van der Waals surface area contributed by atoms with Gasteiger partial charge in [0.2, 0.25) is 0 Å². The second kappa shape index (κ2) is 4.97. The van der Waals surface area contributed by atoms with Crippen molar-refractivity contribution in [3.05, 3.63) is 59.4 Å². The summed E-state index contributed by atoms with van der Waals surface area (Å²) in [5, 5.41) is 10.2. The number of hydrogen-bond donors (Lipinski definition) is 1. The lowest BCUT2D eigenvalue weighted by Gasteiger charge is -2.12. The smallest absolute Gasteiger partial charge is 0.122 e. The third-order valence-electron chi connectivity index (χ3n) is 2.58. The summed E-state index contributed by atoms with van der Waals surface area (Å²) in [5.74, 6) is 0.711. The minimum absolute atomic E-state index is 0.605. The van der Waals surface area contributed by atoms with Crippen molar-refractivity contribution >= 4 is 0 Å². The van der Waals surface area contributed by atoms with Gasteiger partial charge in [0.15, 0.2) is 0 Å². The van der Waals surface area contributed by atoms with E-state index >= 15 is 0 Å². The molecule has 1 atom stereocenters. The van der Waals surface area contributed by atoms with Gasteiger partial charge in [0, 0.05) is 17.8 Å². The van der Waals surface area contributed by atoms with Crippen LogP contribution in [0.4, 0.5) is 0 Å². The topological polar surface area (TPSA) is 42.4 Å². The summed E-state index contributed by atoms with van der Waals surface area (Å²) in [6.07, 6.45) is -0.718. The van der Waals surface area contributed by atoms with Gasteiger partial charge in [-0.25, -0.2) is 0 Å². The van der Waals surface area contributed by atoms with Crippen LogP contribution in [0.3, 0.4) is 0 Å². The molecule has 1 aromatic carbocycles. The molecule has 2 rings (SSSR count). The SMILES string of the molecule is COc1cc(C)nc([C@H](O)c2ccccc2)c1. The molecule has 2 aromatic rings. The van der Waals surface area contributed by atoms with Crippen LogP contribution in [-0.2, 0) is 0 Å². The predicted molar refractivity (Wildman–Crippen MR) is 66.0 cm³/mol. The summed E-state index contributed by atoms with van der Waals surface area (Å²) in [5.41, 5.74) is 2.26. The number of hydrogen-bond acceptors (Lipinski definition) is 3. The molecule has 88 valence electrons. The Labute approximate surface area is 101 Å². The average molecular weight is 229 g/mol. The number of rotatable bonds is 3. The molecular weight excluding hydrogens is 214 g/mol. The lowest BCUT2D eigenvalue weighted by atomic mass is 10.1. The van der Waals surface area contributed by atoms with Crippen LogP contribution in [0.1, 0.15) is 23.1 Å². The third kappa shape index (κ3) is 2.63. The Kier molecular flexibility index (Phi) is 3.40. The minimum Gasteiger partial charge on any atom is -0.497 e. The quantitative estimate of drug-likeness (QED) is 0.879. The van der Waals surface area contributed by atoms with Crippen molar-refractivity contribution in [1.82, 2.24) is 4.98 Å². The number of ether oxygens (including phenoxy) is 1. The van der Waals surface area contributed by atoms with Crippen LogP contribution in [0.15, 0.2) is 42.5 Å². The first-order valence-electron chi connectivity index (χ1n) is 5.46. The number of nitrogens with zero attached hydrogens (tertiary/aromatic N) is 1. The maximum atomic E-state index is 10.2. The molecular formula is C14H15NO2. The van der Waals surface area contributed by atoms with Gasteiger partial charge in [-0.2, -0.15) is 0 Å². The highest BCUT2D eigenvalue weighted by Crippen LogP contribution is 2.23. The summed E-state index contributed by atoms with van der Waals surface area (Å²) in [6.45, 7) is 1.88. The molecule has 0 aliphatic heterocycles. The van der Waals surface area contributed by atoms with E-state index in [4.69, 9.17) is 4.74 Å². The number of aliphatic hydroxyl groups is 1. The van der Waals surface area contributed by atoms with Crippen LogP contribution < -0.4 is 4.74 Å². The maximum absolute atomic E-state index is 10.2. The minimum atomic E-state index is -0.718. The first kappa shape index (κ1) is 11.6. The van der Waals surface area contributed by atoms with Crippen molar-refractivity contribution in [2.45, 2.75) is 13.0 Å². The maximum Gasteiger partial charge on any atom is 0.122 e. The molecule has 0 fully saturated rings.